The second kappa shape index (κ2) is 16.9. The molecule has 1 saturated heterocycles. The Hall–Kier alpha value is -3.66. The number of aliphatic hydroxyl groups excluding tert-OH is 2. The van der Waals surface area contributed by atoms with E-state index in [1.807, 2.05) is 67.6 Å². The number of Topliss-reactive ketones (excluding diaryl/α,β-unsaturated/α-hetero) is 2. The number of carbonyl (C=O) groups excluding carboxylic acids is 2. The molecule has 4 aliphatic carbocycles. The minimum atomic E-state index is -4.92. The molecule has 0 radical (unpaired) electrons. The molecule has 60 heavy (non-hydrogen) atoms. The molecule has 0 spiro atoms. The molecule has 8 rings (SSSR count). The average Bonchev–Trinajstić information content (AvgIpc) is 3.49. The largest absolute Gasteiger partial charge is 0.416 e. The molecule has 1 heterocycles. The molecule has 5 fully saturated rings. The number of hydrogen-bond donors (Lipinski definition) is 4. The van der Waals surface area contributed by atoms with Crippen molar-refractivity contribution in [1.29, 1.82) is 0 Å². The number of ether oxygens (including phenoxy) is 2. The molecule has 0 aromatic heterocycles. The van der Waals surface area contributed by atoms with Crippen molar-refractivity contribution in [2.24, 2.45) is 34.5 Å². The Morgan fingerprint density at radius 2 is 1.48 bits per heavy atom. The molecular formula is C46H53F6NO7. The molecule has 0 bridgehead atoms. The summed E-state index contributed by atoms with van der Waals surface area (Å²) in [6, 6.07) is 19.5. The molecule has 5 aliphatic rings. The summed E-state index contributed by atoms with van der Waals surface area (Å²) in [7, 11) is 0. The van der Waals surface area contributed by atoms with Crippen molar-refractivity contribution in [2.45, 2.75) is 114 Å². The quantitative estimate of drug-likeness (QED) is 0.175. The summed E-state index contributed by atoms with van der Waals surface area (Å²) in [6.07, 6.45) is -5.30. The number of fused-ring (bicyclic) bond motifs is 5. The van der Waals surface area contributed by atoms with Crippen LogP contribution in [-0.4, -0.2) is 58.1 Å². The zero-order valence-electron chi connectivity index (χ0n) is 33.6. The number of morpholine rings is 1. The van der Waals surface area contributed by atoms with Gasteiger partial charge in [-0.3, -0.25) is 14.9 Å². The van der Waals surface area contributed by atoms with Crippen LogP contribution in [0.4, 0.5) is 26.3 Å². The molecule has 11 atom stereocenters. The third kappa shape index (κ3) is 8.44. The number of nitrogens with one attached hydrogen (secondary N) is 1. The highest BCUT2D eigenvalue weighted by Crippen LogP contribution is 2.67. The van der Waals surface area contributed by atoms with Gasteiger partial charge in [0.25, 0.3) is 0 Å². The Morgan fingerprint density at radius 3 is 2.08 bits per heavy atom. The van der Waals surface area contributed by atoms with E-state index in [0.29, 0.717) is 24.5 Å². The number of ketones is 2. The lowest BCUT2D eigenvalue weighted by Gasteiger charge is -2.60. The second-order valence-corrected chi connectivity index (χ2v) is 17.9. The SMILES string of the molecule is C[C@]12CC[C@@H](O)C[C@H]1CC[C@@H]1[C@@H]2C(=O)C[C@@]2(C)[C@H]1CC[C@]2(O)C(=O)CO.FC(F)(F)c1cc(COC2OCC(c3ccccc3)NC2c2ccccc2)cc(C(F)(F)F)c1. The maximum absolute atomic E-state index is 13.4. The van der Waals surface area contributed by atoms with Crippen molar-refractivity contribution in [3.63, 3.8) is 0 Å². The predicted octanol–water partition coefficient (Wildman–Crippen LogP) is 8.53. The maximum atomic E-state index is 13.4. The zero-order valence-corrected chi connectivity index (χ0v) is 33.6. The Bertz CT molecular complexity index is 1970. The van der Waals surface area contributed by atoms with Crippen LogP contribution in [0.15, 0.2) is 78.9 Å². The summed E-state index contributed by atoms with van der Waals surface area (Å²) in [5, 5.41) is 34.1. The number of alkyl halides is 6. The predicted molar refractivity (Wildman–Crippen MR) is 208 cm³/mol. The smallest absolute Gasteiger partial charge is 0.393 e. The van der Waals surface area contributed by atoms with Gasteiger partial charge in [-0.15, -0.1) is 0 Å². The third-order valence-corrected chi connectivity index (χ3v) is 14.6. The van der Waals surface area contributed by atoms with Gasteiger partial charge in [-0.25, -0.2) is 0 Å². The fraction of sp³-hybridized carbons (Fsp3) is 0.565. The Morgan fingerprint density at radius 1 is 0.867 bits per heavy atom. The second-order valence-electron chi connectivity index (χ2n) is 17.9. The van der Waals surface area contributed by atoms with Crippen molar-refractivity contribution in [3.8, 4) is 0 Å². The van der Waals surface area contributed by atoms with Gasteiger partial charge in [-0.2, -0.15) is 26.3 Å². The van der Waals surface area contributed by atoms with Crippen LogP contribution in [0.5, 0.6) is 0 Å². The van der Waals surface area contributed by atoms with Crippen LogP contribution in [0.3, 0.4) is 0 Å². The Labute approximate surface area is 345 Å². The van der Waals surface area contributed by atoms with Crippen molar-refractivity contribution in [2.75, 3.05) is 13.2 Å². The van der Waals surface area contributed by atoms with Gasteiger partial charge in [-0.1, -0.05) is 74.5 Å². The summed E-state index contributed by atoms with van der Waals surface area (Å²) < 4.78 is 90.7. The number of carbonyl (C=O) groups is 2. The summed E-state index contributed by atoms with van der Waals surface area (Å²) in [4.78, 5) is 25.7. The first-order valence-electron chi connectivity index (χ1n) is 20.7. The van der Waals surface area contributed by atoms with Gasteiger partial charge in [0.2, 0.25) is 0 Å². The van der Waals surface area contributed by atoms with Crippen LogP contribution in [0, 0.1) is 34.5 Å². The van der Waals surface area contributed by atoms with Crippen LogP contribution in [0.25, 0.3) is 0 Å². The normalized spacial score (nSPS) is 35.4. The lowest BCUT2D eigenvalue weighted by atomic mass is 9.44. The van der Waals surface area contributed by atoms with E-state index < -0.39 is 65.8 Å². The van der Waals surface area contributed by atoms with Crippen molar-refractivity contribution >= 4 is 11.6 Å². The molecule has 1 aliphatic heterocycles. The van der Waals surface area contributed by atoms with Gasteiger partial charge >= 0.3 is 12.4 Å². The topological polar surface area (TPSA) is 125 Å². The fourth-order valence-electron chi connectivity index (χ4n) is 11.5. The summed E-state index contributed by atoms with van der Waals surface area (Å²) in [5.74, 6) is 0.380. The zero-order chi connectivity index (χ0) is 43.3. The van der Waals surface area contributed by atoms with Crippen LogP contribution in [-0.2, 0) is 38.0 Å². The van der Waals surface area contributed by atoms with Crippen LogP contribution < -0.4 is 5.32 Å². The Balaban J connectivity index is 0.000000188. The number of halogens is 6. The number of rotatable bonds is 7. The van der Waals surface area contributed by atoms with Crippen molar-refractivity contribution in [3.05, 3.63) is 107 Å². The number of aliphatic hydroxyl groups is 3. The summed E-state index contributed by atoms with van der Waals surface area (Å²) in [6.45, 7) is 3.19. The lowest BCUT2D eigenvalue weighted by Crippen LogP contribution is -2.62. The number of hydrogen-bond acceptors (Lipinski definition) is 8. The first-order valence-corrected chi connectivity index (χ1v) is 20.7. The standard InChI is InChI=1S/C25H21F6NO2.C21H32O5/c26-24(27,28)19-11-16(12-20(13-19)25(29,30)31)14-33-23-22(18-9-5-2-6-10-18)32-21(15-34-23)17-7-3-1-4-8-17;1-19-7-5-13(23)9-12(19)3-4-14-15-6-8-21(26,17(25)11-22)20(15,2)10-16(24)18(14)19/h1-13,21-23,32H,14-15H2;12-15,18,22-23,26H,3-11H2,1-2H3/t;12-,13-,14+,15+,18-,19+,20+,21+/m.1/s1. The van der Waals surface area contributed by atoms with E-state index in [4.69, 9.17) is 9.47 Å². The van der Waals surface area contributed by atoms with Gasteiger partial charge in [0, 0.05) is 17.8 Å². The molecule has 3 aromatic rings. The molecule has 4 saturated carbocycles. The fourth-order valence-corrected chi connectivity index (χ4v) is 11.5. The van der Waals surface area contributed by atoms with Crippen molar-refractivity contribution in [1.82, 2.24) is 5.32 Å². The highest BCUT2D eigenvalue weighted by molar-refractivity contribution is 5.92. The monoisotopic (exact) mass is 845 g/mol. The molecule has 8 nitrogen and oxygen atoms in total. The molecule has 4 N–H and O–H groups in total. The third-order valence-electron chi connectivity index (χ3n) is 14.6. The van der Waals surface area contributed by atoms with E-state index in [1.54, 1.807) is 0 Å². The minimum absolute atomic E-state index is 0.0154. The minimum Gasteiger partial charge on any atom is -0.393 e. The molecular weight excluding hydrogens is 792 g/mol. The van der Waals surface area contributed by atoms with E-state index in [9.17, 15) is 51.3 Å². The lowest BCUT2D eigenvalue weighted by molar-refractivity contribution is -0.194. The first-order chi connectivity index (χ1) is 28.3. The van der Waals surface area contributed by atoms with Crippen LogP contribution in [0.1, 0.15) is 105 Å². The summed E-state index contributed by atoms with van der Waals surface area (Å²) in [5.41, 5.74) is -3.62. The van der Waals surface area contributed by atoms with E-state index in [2.05, 4.69) is 12.2 Å². The van der Waals surface area contributed by atoms with Crippen LogP contribution in [0.2, 0.25) is 0 Å². The van der Waals surface area contributed by atoms with E-state index in [0.717, 1.165) is 49.7 Å². The van der Waals surface area contributed by atoms with Crippen molar-refractivity contribution < 1.29 is 60.7 Å². The highest BCUT2D eigenvalue weighted by Gasteiger charge is 2.68. The molecule has 326 valence electrons. The van der Waals surface area contributed by atoms with Gasteiger partial charge in [0.15, 0.2) is 12.1 Å². The highest BCUT2D eigenvalue weighted by atomic mass is 19.4. The van der Waals surface area contributed by atoms with Crippen LogP contribution >= 0.6 is 0 Å². The molecule has 14 heteroatoms. The van der Waals surface area contributed by atoms with E-state index in [1.165, 1.54) is 0 Å². The maximum Gasteiger partial charge on any atom is 0.416 e. The van der Waals surface area contributed by atoms with E-state index in [-0.39, 0.29) is 65.8 Å². The van der Waals surface area contributed by atoms with Gasteiger partial charge in [0.05, 0.1) is 42.5 Å². The summed E-state index contributed by atoms with van der Waals surface area (Å²) >= 11 is 0. The van der Waals surface area contributed by atoms with Gasteiger partial charge < -0.3 is 24.8 Å². The van der Waals surface area contributed by atoms with Gasteiger partial charge in [0.1, 0.15) is 18.0 Å². The van der Waals surface area contributed by atoms with E-state index >= 15 is 0 Å². The molecule has 3 unspecified atom stereocenters. The molecule has 3 aromatic carbocycles. The average molecular weight is 846 g/mol. The first kappa shape index (κ1) is 44.4. The van der Waals surface area contributed by atoms with Gasteiger partial charge in [-0.05, 0) is 103 Å². The molecule has 0 amide bonds. The number of benzene rings is 3. The Kier molecular flexibility index (Phi) is 12.5.